The predicted octanol–water partition coefficient (Wildman–Crippen LogP) is 3.78. The molecule has 0 bridgehead atoms. The fourth-order valence-corrected chi connectivity index (χ4v) is 4.46. The average molecular weight is 483 g/mol. The highest BCUT2D eigenvalue weighted by Gasteiger charge is 2.39. The topological polar surface area (TPSA) is 85.2 Å². The summed E-state index contributed by atoms with van der Waals surface area (Å²) in [5.74, 6) is 0.896. The van der Waals surface area contributed by atoms with E-state index in [0.29, 0.717) is 33.8 Å². The number of ether oxygens (including phenoxy) is 1. The van der Waals surface area contributed by atoms with Crippen molar-refractivity contribution >= 4 is 29.2 Å². The second kappa shape index (κ2) is 9.39. The molecule has 0 radical (unpaired) electrons. The lowest BCUT2D eigenvalue weighted by Gasteiger charge is -2.33. The van der Waals surface area contributed by atoms with E-state index < -0.39 is 0 Å². The third-order valence-corrected chi connectivity index (χ3v) is 6.90. The molecule has 1 aliphatic carbocycles. The van der Waals surface area contributed by atoms with E-state index in [9.17, 15) is 9.59 Å². The number of carbonyl (C=O) groups excluding carboxylic acids is 1. The number of hydrogen-bond acceptors (Lipinski definition) is 5. The molecule has 0 unspecified atom stereocenters. The van der Waals surface area contributed by atoms with Gasteiger partial charge in [-0.05, 0) is 68.1 Å². The summed E-state index contributed by atoms with van der Waals surface area (Å²) in [6, 6.07) is 11.2. The summed E-state index contributed by atoms with van der Waals surface area (Å²) in [4.78, 5) is 30.6. The molecule has 1 atom stereocenters. The van der Waals surface area contributed by atoms with Crippen LogP contribution in [0.5, 0.6) is 5.75 Å². The molecule has 1 saturated carbocycles. The van der Waals surface area contributed by atoms with Crippen LogP contribution >= 0.6 is 12.4 Å². The van der Waals surface area contributed by atoms with E-state index >= 15 is 0 Å². The first-order valence-corrected chi connectivity index (χ1v) is 11.7. The number of amides is 1. The monoisotopic (exact) mass is 482 g/mol. The minimum absolute atomic E-state index is 0. The van der Waals surface area contributed by atoms with Crippen molar-refractivity contribution in [3.8, 4) is 11.4 Å². The molecular formula is C26H31ClN4O3. The summed E-state index contributed by atoms with van der Waals surface area (Å²) in [6.07, 6.45) is 4.51. The fourth-order valence-electron chi connectivity index (χ4n) is 4.46. The van der Waals surface area contributed by atoms with E-state index in [1.54, 1.807) is 18.2 Å². The summed E-state index contributed by atoms with van der Waals surface area (Å²) < 4.78 is 7.98. The highest BCUT2D eigenvalue weighted by atomic mass is 35.5. The Hall–Kier alpha value is -2.90. The Bertz CT molecular complexity index is 1280. The van der Waals surface area contributed by atoms with Gasteiger partial charge < -0.3 is 15.4 Å². The fraction of sp³-hybridized carbons (Fsp3) is 0.423. The predicted molar refractivity (Wildman–Crippen MR) is 135 cm³/mol. The van der Waals surface area contributed by atoms with Gasteiger partial charge in [-0.15, -0.1) is 12.4 Å². The molecule has 0 spiro atoms. The van der Waals surface area contributed by atoms with Gasteiger partial charge in [-0.2, -0.15) is 0 Å². The number of nitrogens with zero attached hydrogens (tertiary/aromatic N) is 2. The van der Waals surface area contributed by atoms with Gasteiger partial charge in [0.1, 0.15) is 17.7 Å². The van der Waals surface area contributed by atoms with Gasteiger partial charge >= 0.3 is 0 Å². The molecule has 1 aromatic heterocycles. The number of rotatable bonds is 6. The van der Waals surface area contributed by atoms with Crippen molar-refractivity contribution in [1.82, 2.24) is 20.2 Å². The van der Waals surface area contributed by atoms with Crippen LogP contribution in [0, 0.1) is 12.8 Å². The van der Waals surface area contributed by atoms with E-state index in [4.69, 9.17) is 4.74 Å². The Morgan fingerprint density at radius 3 is 2.71 bits per heavy atom. The molecule has 1 saturated heterocycles. The summed E-state index contributed by atoms with van der Waals surface area (Å²) in [6.45, 7) is 7.96. The highest BCUT2D eigenvalue weighted by molar-refractivity contribution is 5.95. The number of nitrogens with one attached hydrogen (secondary N) is 2. The lowest BCUT2D eigenvalue weighted by atomic mass is 9.89. The Morgan fingerprint density at radius 2 is 2.03 bits per heavy atom. The van der Waals surface area contributed by atoms with E-state index in [1.165, 1.54) is 10.9 Å². The molecule has 3 aromatic rings. The summed E-state index contributed by atoms with van der Waals surface area (Å²) in [5.41, 5.74) is 2.24. The summed E-state index contributed by atoms with van der Waals surface area (Å²) in [7, 11) is 0. The van der Waals surface area contributed by atoms with Crippen LogP contribution < -0.4 is 20.9 Å². The van der Waals surface area contributed by atoms with Crippen molar-refractivity contribution in [2.45, 2.75) is 51.7 Å². The zero-order valence-electron chi connectivity index (χ0n) is 19.8. The third kappa shape index (κ3) is 4.55. The van der Waals surface area contributed by atoms with Crippen LogP contribution in [-0.4, -0.2) is 40.2 Å². The molecular weight excluding hydrogens is 452 g/mol. The van der Waals surface area contributed by atoms with Crippen LogP contribution in [0.25, 0.3) is 16.6 Å². The molecule has 8 heteroatoms. The average Bonchev–Trinajstić information content (AvgIpc) is 3.48. The Balaban J connectivity index is 0.00000274. The number of halogens is 1. The smallest absolute Gasteiger partial charge is 0.265 e. The maximum absolute atomic E-state index is 13.5. The molecule has 1 amide bonds. The van der Waals surface area contributed by atoms with Crippen LogP contribution in [0.3, 0.4) is 0 Å². The highest BCUT2D eigenvalue weighted by Crippen LogP contribution is 2.32. The SMILES string of the molecule is Cc1ccc(C(=O)NC2CC2)cc1-n1cnc2ccc(O[C@]3(C(C)C)CCNC3)cc2c1=O.Cl. The Kier molecular flexibility index (Phi) is 6.69. The van der Waals surface area contributed by atoms with Crippen molar-refractivity contribution < 1.29 is 9.53 Å². The molecule has 5 rings (SSSR count). The lowest BCUT2D eigenvalue weighted by molar-refractivity contribution is 0.0421. The van der Waals surface area contributed by atoms with Crippen molar-refractivity contribution in [1.29, 1.82) is 0 Å². The summed E-state index contributed by atoms with van der Waals surface area (Å²) in [5, 5.41) is 6.89. The second-order valence-corrected chi connectivity index (χ2v) is 9.60. The standard InChI is InChI=1S/C26H30N4O3.ClH/c1-16(2)26(10-11-27-14-26)33-20-8-9-22-21(13-20)25(32)30(15-28-22)23-12-18(5-4-17(23)3)24(31)29-19-6-7-19;/h4-5,8-9,12-13,15-16,19,27H,6-7,10-11,14H2,1-3H3,(H,29,31);1H/t26-;/m1./s1. The Morgan fingerprint density at radius 1 is 1.24 bits per heavy atom. The molecule has 2 aromatic carbocycles. The van der Waals surface area contributed by atoms with Crippen LogP contribution in [0.2, 0.25) is 0 Å². The zero-order chi connectivity index (χ0) is 23.2. The van der Waals surface area contributed by atoms with E-state index in [2.05, 4.69) is 29.5 Å². The van der Waals surface area contributed by atoms with Gasteiger partial charge in [0, 0.05) is 24.6 Å². The molecule has 180 valence electrons. The number of aromatic nitrogens is 2. The van der Waals surface area contributed by atoms with Crippen molar-refractivity contribution in [2.24, 2.45) is 5.92 Å². The van der Waals surface area contributed by atoms with Gasteiger partial charge in [0.2, 0.25) is 0 Å². The maximum atomic E-state index is 13.5. The molecule has 2 heterocycles. The van der Waals surface area contributed by atoms with Gasteiger partial charge in [-0.1, -0.05) is 19.9 Å². The van der Waals surface area contributed by atoms with Crippen LogP contribution in [-0.2, 0) is 0 Å². The number of benzene rings is 2. The molecule has 2 N–H and O–H groups in total. The van der Waals surface area contributed by atoms with Gasteiger partial charge in [-0.25, -0.2) is 4.98 Å². The van der Waals surface area contributed by atoms with Crippen molar-refractivity contribution in [3.63, 3.8) is 0 Å². The zero-order valence-corrected chi connectivity index (χ0v) is 20.6. The summed E-state index contributed by atoms with van der Waals surface area (Å²) >= 11 is 0. The van der Waals surface area contributed by atoms with E-state index in [0.717, 1.165) is 37.9 Å². The largest absolute Gasteiger partial charge is 0.486 e. The molecule has 7 nitrogen and oxygen atoms in total. The Labute approximate surface area is 205 Å². The maximum Gasteiger partial charge on any atom is 0.265 e. The minimum Gasteiger partial charge on any atom is -0.486 e. The van der Waals surface area contributed by atoms with Crippen LogP contribution in [0.15, 0.2) is 47.5 Å². The molecule has 2 aliphatic rings. The van der Waals surface area contributed by atoms with E-state index in [-0.39, 0.29) is 35.5 Å². The third-order valence-electron chi connectivity index (χ3n) is 6.90. The van der Waals surface area contributed by atoms with E-state index in [1.807, 2.05) is 25.1 Å². The van der Waals surface area contributed by atoms with Crippen molar-refractivity contribution in [3.05, 3.63) is 64.2 Å². The molecule has 34 heavy (non-hydrogen) atoms. The molecule has 1 aliphatic heterocycles. The number of hydrogen-bond donors (Lipinski definition) is 2. The van der Waals surface area contributed by atoms with Gasteiger partial charge in [-0.3, -0.25) is 14.2 Å². The van der Waals surface area contributed by atoms with Gasteiger partial charge in [0.05, 0.1) is 16.6 Å². The molecule has 2 fully saturated rings. The number of carbonyl (C=O) groups is 1. The van der Waals surface area contributed by atoms with Crippen LogP contribution in [0.1, 0.15) is 49.0 Å². The number of fused-ring (bicyclic) bond motifs is 1. The normalized spacial score (nSPS) is 19.8. The lowest BCUT2D eigenvalue weighted by Crippen LogP contribution is -2.43. The van der Waals surface area contributed by atoms with Gasteiger partial charge in [0.15, 0.2) is 0 Å². The van der Waals surface area contributed by atoms with Crippen LogP contribution in [0.4, 0.5) is 0 Å². The van der Waals surface area contributed by atoms with Gasteiger partial charge in [0.25, 0.3) is 11.5 Å². The first-order chi connectivity index (χ1) is 15.9. The minimum atomic E-state index is -0.283. The number of aryl methyl sites for hydroxylation is 1. The quantitative estimate of drug-likeness (QED) is 0.558. The second-order valence-electron chi connectivity index (χ2n) is 9.60. The first kappa shape index (κ1) is 24.2. The van der Waals surface area contributed by atoms with Crippen molar-refractivity contribution in [2.75, 3.05) is 13.1 Å². The first-order valence-electron chi connectivity index (χ1n) is 11.7.